The van der Waals surface area contributed by atoms with Crippen LogP contribution in [0.2, 0.25) is 0 Å². The summed E-state index contributed by atoms with van der Waals surface area (Å²) in [4.78, 5) is 0. The topological polar surface area (TPSA) is 69.4 Å². The summed E-state index contributed by atoms with van der Waals surface area (Å²) in [6, 6.07) is 0. The fraction of sp³-hybridized carbons (Fsp3) is 0.926. The molecule has 0 aliphatic rings. The molecule has 0 bridgehead atoms. The number of nitrogens with two attached hydrogens (primary N) is 1. The molecule has 0 aromatic rings. The zero-order valence-electron chi connectivity index (χ0n) is 22.0. The highest BCUT2D eigenvalue weighted by Gasteiger charge is 2.25. The van der Waals surface area contributed by atoms with E-state index in [1.165, 1.54) is 70.6 Å². The molecule has 1 atom stereocenters. The van der Waals surface area contributed by atoms with E-state index < -0.39 is 15.6 Å². The number of hydrogen-bond acceptors (Lipinski definition) is 4. The van der Waals surface area contributed by atoms with Crippen molar-refractivity contribution in [2.24, 2.45) is 5.73 Å². The monoisotopic (exact) mass is 493 g/mol. The summed E-state index contributed by atoms with van der Waals surface area (Å²) in [7, 11) is -4.04. The van der Waals surface area contributed by atoms with Crippen LogP contribution in [-0.2, 0) is 14.3 Å². The van der Waals surface area contributed by atoms with E-state index in [-0.39, 0.29) is 13.0 Å². The fourth-order valence-corrected chi connectivity index (χ4v) is 4.55. The van der Waals surface area contributed by atoms with Gasteiger partial charge in [-0.1, -0.05) is 129 Å². The van der Waals surface area contributed by atoms with E-state index >= 15 is 0 Å². The van der Waals surface area contributed by atoms with Crippen molar-refractivity contribution in [1.82, 2.24) is 0 Å². The third-order valence-corrected chi connectivity index (χ3v) is 7.12. The largest absolute Gasteiger partial charge is 0.327 e. The molecule has 0 amide bonds. The highest BCUT2D eigenvalue weighted by atomic mass is 32.2. The first kappa shape index (κ1) is 34.7. The minimum absolute atomic E-state index is 0.0603. The van der Waals surface area contributed by atoms with Crippen molar-refractivity contribution in [3.8, 4) is 0 Å². The van der Waals surface area contributed by atoms with Crippen LogP contribution >= 0.6 is 0 Å². The molecule has 0 spiro atoms. The minimum atomic E-state index is -4.04. The van der Waals surface area contributed by atoms with Crippen molar-refractivity contribution in [2.75, 3.05) is 13.2 Å². The maximum atomic E-state index is 13.9. The Morgan fingerprint density at radius 2 is 1.06 bits per heavy atom. The van der Waals surface area contributed by atoms with Crippen LogP contribution in [-0.4, -0.2) is 27.1 Å². The molecule has 2 N–H and O–H groups in total. The van der Waals surface area contributed by atoms with Gasteiger partial charge in [-0.15, -0.1) is 6.58 Å². The SMILES string of the molecule is C=CCN.CCCCCCCCCCCCCCCCOS(=O)(=O)C(F)CCCCCCC. The molecule has 0 rings (SSSR count). The van der Waals surface area contributed by atoms with Crippen LogP contribution in [0.3, 0.4) is 0 Å². The van der Waals surface area contributed by atoms with Gasteiger partial charge in [0.05, 0.1) is 6.61 Å². The van der Waals surface area contributed by atoms with E-state index in [1.807, 2.05) is 0 Å². The molecule has 0 saturated heterocycles. The predicted octanol–water partition coefficient (Wildman–Crippen LogP) is 8.60. The number of unbranched alkanes of at least 4 members (excludes halogenated alkanes) is 17. The van der Waals surface area contributed by atoms with Crippen LogP contribution in [0.4, 0.5) is 4.39 Å². The van der Waals surface area contributed by atoms with Crippen molar-refractivity contribution < 1.29 is 17.0 Å². The van der Waals surface area contributed by atoms with Gasteiger partial charge in [-0.25, -0.2) is 4.39 Å². The normalized spacial score (nSPS) is 12.2. The second kappa shape index (κ2) is 27.8. The van der Waals surface area contributed by atoms with E-state index in [0.717, 1.165) is 38.5 Å². The first-order chi connectivity index (χ1) is 16.0. The lowest BCUT2D eigenvalue weighted by Crippen LogP contribution is -2.19. The molecule has 0 heterocycles. The van der Waals surface area contributed by atoms with Crippen molar-refractivity contribution in [2.45, 2.75) is 148 Å². The summed E-state index contributed by atoms with van der Waals surface area (Å²) in [5.74, 6) is 0. The maximum Gasteiger partial charge on any atom is 0.299 e. The summed E-state index contributed by atoms with van der Waals surface area (Å²) in [6.07, 6.45) is 24.0. The number of hydrogen-bond donors (Lipinski definition) is 1. The third kappa shape index (κ3) is 27.7. The van der Waals surface area contributed by atoms with Crippen LogP contribution < -0.4 is 5.73 Å². The van der Waals surface area contributed by atoms with Gasteiger partial charge in [0.25, 0.3) is 10.1 Å². The number of halogens is 1. The molecular formula is C27H56FNO3S. The Balaban J connectivity index is 0. The van der Waals surface area contributed by atoms with Gasteiger partial charge >= 0.3 is 0 Å². The summed E-state index contributed by atoms with van der Waals surface area (Å²) in [6.45, 7) is 8.43. The number of rotatable bonds is 24. The molecule has 0 radical (unpaired) electrons. The number of alkyl halides is 1. The molecule has 0 fully saturated rings. The second-order valence-electron chi connectivity index (χ2n) is 9.05. The Morgan fingerprint density at radius 1 is 0.727 bits per heavy atom. The Bertz CT molecular complexity index is 486. The third-order valence-electron chi connectivity index (χ3n) is 5.76. The average Bonchev–Trinajstić information content (AvgIpc) is 2.81. The van der Waals surface area contributed by atoms with Gasteiger partial charge in [0.15, 0.2) is 0 Å². The van der Waals surface area contributed by atoms with Crippen molar-refractivity contribution in [3.05, 3.63) is 12.7 Å². The quantitative estimate of drug-likeness (QED) is 0.0830. The lowest BCUT2D eigenvalue weighted by molar-refractivity contribution is 0.270. The Labute approximate surface area is 206 Å². The minimum Gasteiger partial charge on any atom is -0.327 e. The molecule has 0 aliphatic carbocycles. The van der Waals surface area contributed by atoms with Gasteiger partial charge in [-0.2, -0.15) is 8.42 Å². The molecule has 6 heteroatoms. The van der Waals surface area contributed by atoms with Gasteiger partial charge < -0.3 is 5.73 Å². The lowest BCUT2D eigenvalue weighted by Gasteiger charge is -2.10. The van der Waals surface area contributed by atoms with E-state index in [2.05, 4.69) is 20.4 Å². The summed E-state index contributed by atoms with van der Waals surface area (Å²) < 4.78 is 42.3. The smallest absolute Gasteiger partial charge is 0.299 e. The average molecular weight is 494 g/mol. The van der Waals surface area contributed by atoms with Crippen LogP contribution in [0, 0.1) is 0 Å². The van der Waals surface area contributed by atoms with E-state index in [1.54, 1.807) is 6.08 Å². The van der Waals surface area contributed by atoms with Gasteiger partial charge in [0.1, 0.15) is 0 Å². The molecule has 1 unspecified atom stereocenters. The summed E-state index contributed by atoms with van der Waals surface area (Å²) in [5.41, 5.74) is 3.04. The molecule has 0 aromatic carbocycles. The lowest BCUT2D eigenvalue weighted by atomic mass is 10.0. The van der Waals surface area contributed by atoms with E-state index in [9.17, 15) is 12.8 Å². The van der Waals surface area contributed by atoms with Crippen LogP contribution in [0.5, 0.6) is 0 Å². The maximum absolute atomic E-state index is 13.9. The molecule has 200 valence electrons. The predicted molar refractivity (Wildman–Crippen MR) is 143 cm³/mol. The molecule has 0 aromatic heterocycles. The zero-order chi connectivity index (χ0) is 25.0. The second-order valence-corrected chi connectivity index (χ2v) is 10.8. The molecule has 0 aliphatic heterocycles. The van der Waals surface area contributed by atoms with Gasteiger partial charge in [-0.3, -0.25) is 4.18 Å². The first-order valence-electron chi connectivity index (χ1n) is 13.8. The summed E-state index contributed by atoms with van der Waals surface area (Å²) >= 11 is 0. The van der Waals surface area contributed by atoms with Crippen LogP contribution in [0.15, 0.2) is 12.7 Å². The van der Waals surface area contributed by atoms with Crippen molar-refractivity contribution in [3.63, 3.8) is 0 Å². The van der Waals surface area contributed by atoms with Gasteiger partial charge in [0, 0.05) is 6.54 Å². The van der Waals surface area contributed by atoms with E-state index in [0.29, 0.717) is 19.4 Å². The van der Waals surface area contributed by atoms with Gasteiger partial charge in [0.2, 0.25) is 5.50 Å². The van der Waals surface area contributed by atoms with Crippen molar-refractivity contribution in [1.29, 1.82) is 0 Å². The van der Waals surface area contributed by atoms with E-state index in [4.69, 9.17) is 9.92 Å². The first-order valence-corrected chi connectivity index (χ1v) is 15.3. The molecular weight excluding hydrogens is 437 g/mol. The summed E-state index contributed by atoms with van der Waals surface area (Å²) in [5, 5.41) is 0. The highest BCUT2D eigenvalue weighted by Crippen LogP contribution is 2.17. The Kier molecular flexibility index (Phi) is 29.2. The van der Waals surface area contributed by atoms with Gasteiger partial charge in [-0.05, 0) is 19.3 Å². The molecule has 0 saturated carbocycles. The van der Waals surface area contributed by atoms with Crippen LogP contribution in [0.25, 0.3) is 0 Å². The molecule has 33 heavy (non-hydrogen) atoms. The zero-order valence-corrected chi connectivity index (χ0v) is 22.8. The Morgan fingerprint density at radius 3 is 1.42 bits per heavy atom. The van der Waals surface area contributed by atoms with Crippen LogP contribution in [0.1, 0.15) is 142 Å². The van der Waals surface area contributed by atoms with Crippen molar-refractivity contribution >= 4 is 10.1 Å². The standard InChI is InChI=1S/C24H49FO3S.C3H7N/c1-3-5-7-9-10-11-12-13-14-15-16-17-19-21-23-28-29(26,27)24(25)22-20-18-8-6-4-2;1-2-3-4/h24H,3-23H2,1-2H3;2H,1,3-4H2. The highest BCUT2D eigenvalue weighted by molar-refractivity contribution is 7.87. The fourth-order valence-electron chi connectivity index (χ4n) is 3.60. The Hall–Kier alpha value is -0.460. The molecule has 4 nitrogen and oxygen atoms in total.